The van der Waals surface area contributed by atoms with E-state index in [1.165, 1.54) is 9.58 Å². The molecule has 0 saturated heterocycles. The topological polar surface area (TPSA) is 93.2 Å². The Balaban J connectivity index is 1.92. The summed E-state index contributed by atoms with van der Waals surface area (Å²) in [5.74, 6) is -2.68. The smallest absolute Gasteiger partial charge is 0.280 e. The lowest BCUT2D eigenvalue weighted by Gasteiger charge is -2.32. The number of amides is 1. The fourth-order valence-corrected chi connectivity index (χ4v) is 4.53. The van der Waals surface area contributed by atoms with Gasteiger partial charge in [-0.05, 0) is 61.9 Å². The molecule has 0 fully saturated rings. The molecule has 0 radical (unpaired) electrons. The third-order valence-electron chi connectivity index (χ3n) is 6.06. The molecule has 0 aliphatic carbocycles. The number of nitrogens with two attached hydrogens (primary N) is 1. The predicted molar refractivity (Wildman–Crippen MR) is 146 cm³/mol. The van der Waals surface area contributed by atoms with Crippen molar-refractivity contribution in [3.05, 3.63) is 104 Å². The van der Waals surface area contributed by atoms with Gasteiger partial charge in [-0.1, -0.05) is 48.3 Å². The molecule has 4 rings (SSSR count). The summed E-state index contributed by atoms with van der Waals surface area (Å²) < 4.78 is 30.0. The molecule has 1 aromatic heterocycles. The normalized spacial score (nSPS) is 11.9. The van der Waals surface area contributed by atoms with Crippen LogP contribution in [-0.4, -0.2) is 33.6 Å². The van der Waals surface area contributed by atoms with Crippen molar-refractivity contribution in [1.29, 1.82) is 0 Å². The fourth-order valence-electron chi connectivity index (χ4n) is 4.20. The quantitative estimate of drug-likeness (QED) is 0.253. The lowest BCUT2D eigenvalue weighted by molar-refractivity contribution is 0.0652. The summed E-state index contributed by atoms with van der Waals surface area (Å²) in [6, 6.07) is 14.9. The van der Waals surface area contributed by atoms with Crippen molar-refractivity contribution in [2.24, 2.45) is 5.73 Å². The molecule has 1 amide bonds. The molecule has 0 saturated carbocycles. The summed E-state index contributed by atoms with van der Waals surface area (Å²) >= 11 is 11.9. The molecule has 1 atom stereocenters. The predicted octanol–water partition coefficient (Wildman–Crippen LogP) is 5.80. The summed E-state index contributed by atoms with van der Waals surface area (Å²) in [5, 5.41) is -0.0762. The van der Waals surface area contributed by atoms with E-state index in [9.17, 15) is 18.4 Å². The van der Waals surface area contributed by atoms with Crippen molar-refractivity contribution in [1.82, 2.24) is 14.6 Å². The van der Waals surface area contributed by atoms with Crippen LogP contribution in [0.3, 0.4) is 0 Å². The highest BCUT2D eigenvalue weighted by Gasteiger charge is 2.31. The molecule has 7 nitrogen and oxygen atoms in total. The number of rotatable bonds is 9. The Morgan fingerprint density at radius 2 is 1.87 bits per heavy atom. The first-order chi connectivity index (χ1) is 18.3. The number of nitrogens with zero attached hydrogens (tertiary/aromatic N) is 3. The number of carbonyl (C=O) groups excluding carboxylic acids is 1. The lowest BCUT2D eigenvalue weighted by atomic mass is 10.1. The van der Waals surface area contributed by atoms with Crippen molar-refractivity contribution in [3.63, 3.8) is 0 Å². The molecule has 3 N–H and O–H groups in total. The highest BCUT2D eigenvalue weighted by Crippen LogP contribution is 2.29. The molecular weight excluding hydrogens is 535 g/mol. The minimum absolute atomic E-state index is 0.122. The second-order valence-corrected chi connectivity index (χ2v) is 9.35. The van der Waals surface area contributed by atoms with Gasteiger partial charge < -0.3 is 10.6 Å². The molecule has 3 aromatic carbocycles. The minimum atomic E-state index is -1.16. The van der Waals surface area contributed by atoms with Crippen molar-refractivity contribution >= 4 is 45.7 Å². The van der Waals surface area contributed by atoms with Crippen molar-refractivity contribution < 1.29 is 13.6 Å². The maximum absolute atomic E-state index is 14.9. The first kappa shape index (κ1) is 27.5. The van der Waals surface area contributed by atoms with Gasteiger partial charge >= 0.3 is 0 Å². The molecule has 198 valence electrons. The molecule has 0 spiro atoms. The second-order valence-electron chi connectivity index (χ2n) is 8.54. The standard InChI is InChI=1S/C27H25Cl2F2N5O2/c1-2-22(35(14-6-13-32)26(37)19-11-12-20(30)23(29)24(19)31)25-33-21-15-16(28)9-10-18(21)27(38)36(25)34-17-7-4-3-5-8-17/h3-5,7-12,15,22,34H,2,6,13-14,32H2,1H3. The largest absolute Gasteiger partial charge is 0.330 e. The van der Waals surface area contributed by atoms with Crippen LogP contribution < -0.4 is 16.7 Å². The summed E-state index contributed by atoms with van der Waals surface area (Å²) in [4.78, 5) is 33.5. The number of nitrogens with one attached hydrogen (secondary N) is 1. The van der Waals surface area contributed by atoms with Gasteiger partial charge in [0.2, 0.25) is 0 Å². The Morgan fingerprint density at radius 1 is 1.13 bits per heavy atom. The third kappa shape index (κ3) is 5.50. The van der Waals surface area contributed by atoms with E-state index in [4.69, 9.17) is 33.9 Å². The van der Waals surface area contributed by atoms with Gasteiger partial charge in [-0.3, -0.25) is 15.0 Å². The molecule has 4 aromatic rings. The molecule has 38 heavy (non-hydrogen) atoms. The van der Waals surface area contributed by atoms with Crippen LogP contribution in [0, 0.1) is 11.6 Å². The lowest BCUT2D eigenvalue weighted by Crippen LogP contribution is -2.41. The number of hydrogen-bond acceptors (Lipinski definition) is 5. The summed E-state index contributed by atoms with van der Waals surface area (Å²) in [6.45, 7) is 2.18. The zero-order valence-corrected chi connectivity index (χ0v) is 21.9. The molecule has 0 aliphatic heterocycles. The average Bonchev–Trinajstić information content (AvgIpc) is 2.91. The van der Waals surface area contributed by atoms with E-state index < -0.39 is 39.7 Å². The van der Waals surface area contributed by atoms with Gasteiger partial charge in [0.1, 0.15) is 10.8 Å². The average molecular weight is 560 g/mol. The maximum Gasteiger partial charge on any atom is 0.280 e. The van der Waals surface area contributed by atoms with E-state index >= 15 is 0 Å². The minimum Gasteiger partial charge on any atom is -0.330 e. The van der Waals surface area contributed by atoms with E-state index in [-0.39, 0.29) is 18.9 Å². The van der Waals surface area contributed by atoms with Crippen molar-refractivity contribution in [2.75, 3.05) is 18.5 Å². The van der Waals surface area contributed by atoms with Gasteiger partial charge in [0.15, 0.2) is 11.6 Å². The van der Waals surface area contributed by atoms with Crippen molar-refractivity contribution in [3.8, 4) is 0 Å². The van der Waals surface area contributed by atoms with Crippen LogP contribution in [0.15, 0.2) is 65.5 Å². The molecule has 11 heteroatoms. The van der Waals surface area contributed by atoms with Crippen LogP contribution in [0.2, 0.25) is 10.0 Å². The number of carbonyl (C=O) groups is 1. The highest BCUT2D eigenvalue weighted by atomic mass is 35.5. The number of benzene rings is 3. The third-order valence-corrected chi connectivity index (χ3v) is 6.64. The van der Waals surface area contributed by atoms with E-state index in [1.807, 2.05) is 13.0 Å². The first-order valence-corrected chi connectivity index (χ1v) is 12.7. The Hall–Kier alpha value is -3.53. The fraction of sp³-hybridized carbons (Fsp3) is 0.222. The number of anilines is 1. The van der Waals surface area contributed by atoms with Gasteiger partial charge in [0.25, 0.3) is 11.5 Å². The van der Waals surface area contributed by atoms with Gasteiger partial charge in [-0.25, -0.2) is 18.4 Å². The Morgan fingerprint density at radius 3 is 2.55 bits per heavy atom. The van der Waals surface area contributed by atoms with Crippen LogP contribution in [0.5, 0.6) is 0 Å². The van der Waals surface area contributed by atoms with E-state index in [0.717, 1.165) is 12.1 Å². The first-order valence-electron chi connectivity index (χ1n) is 12.0. The monoisotopic (exact) mass is 559 g/mol. The molecule has 0 aliphatic rings. The van der Waals surface area contributed by atoms with Crippen LogP contribution in [0.4, 0.5) is 14.5 Å². The zero-order chi connectivity index (χ0) is 27.4. The van der Waals surface area contributed by atoms with Gasteiger partial charge in [-0.2, -0.15) is 0 Å². The molecule has 0 bridgehead atoms. The SMILES string of the molecule is CCC(c1nc2cc(Cl)ccc2c(=O)n1Nc1ccccc1)N(CCCN)C(=O)c1ccc(F)c(Cl)c1F. The van der Waals surface area contributed by atoms with Gasteiger partial charge in [0, 0.05) is 11.6 Å². The summed E-state index contributed by atoms with van der Waals surface area (Å²) in [7, 11) is 0. The summed E-state index contributed by atoms with van der Waals surface area (Å²) in [6.07, 6.45) is 0.691. The van der Waals surface area contributed by atoms with Crippen LogP contribution >= 0.6 is 23.2 Å². The number of fused-ring (bicyclic) bond motifs is 1. The second kappa shape index (κ2) is 11.9. The Labute approximate surface area is 227 Å². The number of aromatic nitrogens is 2. The van der Waals surface area contributed by atoms with Crippen LogP contribution in [-0.2, 0) is 0 Å². The van der Waals surface area contributed by atoms with Gasteiger partial charge in [0.05, 0.1) is 28.2 Å². The number of para-hydroxylation sites is 1. The van der Waals surface area contributed by atoms with Crippen molar-refractivity contribution in [2.45, 2.75) is 25.8 Å². The molecular formula is C27H25Cl2F2N5O2. The Kier molecular flexibility index (Phi) is 8.61. The molecule has 1 heterocycles. The number of hydrogen-bond donors (Lipinski definition) is 2. The maximum atomic E-state index is 14.9. The van der Waals surface area contributed by atoms with E-state index in [0.29, 0.717) is 34.5 Å². The number of halogens is 4. The highest BCUT2D eigenvalue weighted by molar-refractivity contribution is 6.31. The van der Waals surface area contributed by atoms with E-state index in [1.54, 1.807) is 42.5 Å². The van der Waals surface area contributed by atoms with Crippen LogP contribution in [0.25, 0.3) is 10.9 Å². The zero-order valence-electron chi connectivity index (χ0n) is 20.4. The van der Waals surface area contributed by atoms with E-state index in [2.05, 4.69) is 5.43 Å². The summed E-state index contributed by atoms with van der Waals surface area (Å²) in [5.41, 5.74) is 8.95. The molecule has 1 unspecified atom stereocenters. The van der Waals surface area contributed by atoms with Crippen LogP contribution in [0.1, 0.15) is 42.0 Å². The Bertz CT molecular complexity index is 1530. The van der Waals surface area contributed by atoms with Gasteiger partial charge in [-0.15, -0.1) is 0 Å².